The largest absolute Gasteiger partial charge is 0.491 e. The van der Waals surface area contributed by atoms with Crippen LogP contribution in [0.3, 0.4) is 0 Å². The summed E-state index contributed by atoms with van der Waals surface area (Å²) in [6, 6.07) is 1.20. The molecule has 0 saturated carbocycles. The lowest BCUT2D eigenvalue weighted by atomic mass is 10.2. The zero-order valence-electron chi connectivity index (χ0n) is 11.9. The smallest absolute Gasteiger partial charge is 0.407 e. The van der Waals surface area contributed by atoms with Gasteiger partial charge in [-0.25, -0.2) is 9.59 Å². The first-order valence-electron chi connectivity index (χ1n) is 6.11. The van der Waals surface area contributed by atoms with Crippen molar-refractivity contribution in [3.05, 3.63) is 16.3 Å². The fourth-order valence-corrected chi connectivity index (χ4v) is 1.94. The first-order chi connectivity index (χ1) is 9.17. The van der Waals surface area contributed by atoms with Crippen molar-refractivity contribution in [2.45, 2.75) is 39.3 Å². The maximum atomic E-state index is 11.5. The molecule has 6 nitrogen and oxygen atoms in total. The Morgan fingerprint density at radius 2 is 2.10 bits per heavy atom. The van der Waals surface area contributed by atoms with Gasteiger partial charge in [-0.2, -0.15) is 0 Å². The molecule has 20 heavy (non-hydrogen) atoms. The molecule has 0 fully saturated rings. The van der Waals surface area contributed by atoms with Gasteiger partial charge in [0.05, 0.1) is 6.04 Å². The number of ether oxygens (including phenoxy) is 2. The monoisotopic (exact) mass is 301 g/mol. The van der Waals surface area contributed by atoms with Gasteiger partial charge in [-0.15, -0.1) is 11.3 Å². The number of nitrogens with one attached hydrogen (secondary N) is 1. The van der Waals surface area contributed by atoms with E-state index < -0.39 is 17.7 Å². The van der Waals surface area contributed by atoms with E-state index in [4.69, 9.17) is 14.6 Å². The molecule has 0 spiro atoms. The minimum atomic E-state index is -0.982. The number of amides is 1. The summed E-state index contributed by atoms with van der Waals surface area (Å²) in [5.41, 5.74) is -0.547. The molecule has 1 heterocycles. The van der Waals surface area contributed by atoms with Gasteiger partial charge in [0.1, 0.15) is 22.8 Å². The maximum Gasteiger partial charge on any atom is 0.407 e. The molecule has 1 aromatic heterocycles. The van der Waals surface area contributed by atoms with Crippen LogP contribution in [-0.2, 0) is 4.74 Å². The molecule has 0 aliphatic rings. The SMILES string of the molecule is CC(COc1csc(C(=O)O)c1)NC(=O)OC(C)(C)C. The number of carboxylic acids is 1. The zero-order chi connectivity index (χ0) is 15.3. The average Bonchev–Trinajstić information content (AvgIpc) is 2.72. The Morgan fingerprint density at radius 1 is 1.45 bits per heavy atom. The molecule has 0 aromatic carbocycles. The molecule has 2 N–H and O–H groups in total. The summed E-state index contributed by atoms with van der Waals surface area (Å²) in [5, 5.41) is 13.0. The van der Waals surface area contributed by atoms with E-state index in [0.717, 1.165) is 11.3 Å². The Hall–Kier alpha value is -1.76. The molecule has 7 heteroatoms. The molecule has 0 radical (unpaired) electrons. The van der Waals surface area contributed by atoms with E-state index in [1.54, 1.807) is 33.1 Å². The third-order valence-electron chi connectivity index (χ3n) is 2.05. The second-order valence-electron chi connectivity index (χ2n) is 5.31. The normalized spacial score (nSPS) is 12.6. The second-order valence-corrected chi connectivity index (χ2v) is 6.22. The fraction of sp³-hybridized carbons (Fsp3) is 0.538. The van der Waals surface area contributed by atoms with Crippen molar-refractivity contribution in [3.63, 3.8) is 0 Å². The zero-order valence-corrected chi connectivity index (χ0v) is 12.7. The van der Waals surface area contributed by atoms with E-state index in [1.807, 2.05) is 0 Å². The van der Waals surface area contributed by atoms with Crippen LogP contribution >= 0.6 is 11.3 Å². The predicted molar refractivity (Wildman–Crippen MR) is 75.6 cm³/mol. The van der Waals surface area contributed by atoms with Crippen LogP contribution in [-0.4, -0.2) is 35.4 Å². The highest BCUT2D eigenvalue weighted by molar-refractivity contribution is 7.12. The summed E-state index contributed by atoms with van der Waals surface area (Å²) < 4.78 is 10.5. The Bertz CT molecular complexity index is 477. The third-order valence-corrected chi connectivity index (χ3v) is 2.95. The topological polar surface area (TPSA) is 84.9 Å². The van der Waals surface area contributed by atoms with Gasteiger partial charge in [0, 0.05) is 11.4 Å². The highest BCUT2D eigenvalue weighted by atomic mass is 32.1. The second kappa shape index (κ2) is 6.60. The summed E-state index contributed by atoms with van der Waals surface area (Å²) in [6.07, 6.45) is -0.509. The Labute approximate surface area is 121 Å². The molecule has 0 aliphatic heterocycles. The van der Waals surface area contributed by atoms with Crippen LogP contribution in [0.15, 0.2) is 11.4 Å². The van der Waals surface area contributed by atoms with Crippen LogP contribution in [0, 0.1) is 0 Å². The van der Waals surface area contributed by atoms with Crippen molar-refractivity contribution < 1.29 is 24.2 Å². The van der Waals surface area contributed by atoms with Gasteiger partial charge in [-0.3, -0.25) is 0 Å². The van der Waals surface area contributed by atoms with E-state index in [-0.39, 0.29) is 17.5 Å². The quantitative estimate of drug-likeness (QED) is 0.873. The maximum absolute atomic E-state index is 11.5. The van der Waals surface area contributed by atoms with Gasteiger partial charge in [0.2, 0.25) is 0 Å². The van der Waals surface area contributed by atoms with Crippen LogP contribution < -0.4 is 10.1 Å². The van der Waals surface area contributed by atoms with E-state index in [9.17, 15) is 9.59 Å². The van der Waals surface area contributed by atoms with Crippen LogP contribution in [0.1, 0.15) is 37.4 Å². The Morgan fingerprint density at radius 3 is 2.60 bits per heavy atom. The van der Waals surface area contributed by atoms with Gasteiger partial charge >= 0.3 is 12.1 Å². The first kappa shape index (κ1) is 16.3. The van der Waals surface area contributed by atoms with Crippen LogP contribution in [0.2, 0.25) is 0 Å². The van der Waals surface area contributed by atoms with Crippen molar-refractivity contribution in [1.29, 1.82) is 0 Å². The Kier molecular flexibility index (Phi) is 5.38. The molecule has 0 bridgehead atoms. The van der Waals surface area contributed by atoms with Crippen molar-refractivity contribution >= 4 is 23.4 Å². The van der Waals surface area contributed by atoms with Gasteiger partial charge in [0.25, 0.3) is 0 Å². The summed E-state index contributed by atoms with van der Waals surface area (Å²) in [7, 11) is 0. The number of alkyl carbamates (subject to hydrolysis) is 1. The number of carboxylic acid groups (broad SMARTS) is 1. The number of rotatable bonds is 5. The average molecular weight is 301 g/mol. The van der Waals surface area contributed by atoms with Gasteiger partial charge in [0.15, 0.2) is 0 Å². The minimum absolute atomic E-state index is 0.216. The first-order valence-corrected chi connectivity index (χ1v) is 6.99. The number of carbonyl (C=O) groups is 2. The minimum Gasteiger partial charge on any atom is -0.491 e. The summed E-state index contributed by atoms with van der Waals surface area (Å²) in [6.45, 7) is 7.36. The lowest BCUT2D eigenvalue weighted by molar-refractivity contribution is 0.0493. The number of hydrogen-bond donors (Lipinski definition) is 2. The highest BCUT2D eigenvalue weighted by Gasteiger charge is 2.18. The lowest BCUT2D eigenvalue weighted by Gasteiger charge is -2.21. The fourth-order valence-electron chi connectivity index (χ4n) is 1.28. The number of hydrogen-bond acceptors (Lipinski definition) is 5. The summed E-state index contributed by atoms with van der Waals surface area (Å²) in [5.74, 6) is -0.505. The molecule has 0 aliphatic carbocycles. The highest BCUT2D eigenvalue weighted by Crippen LogP contribution is 2.21. The van der Waals surface area contributed by atoms with Gasteiger partial charge in [-0.1, -0.05) is 0 Å². The number of carbonyl (C=O) groups excluding carboxylic acids is 1. The molecule has 0 saturated heterocycles. The van der Waals surface area contributed by atoms with Crippen LogP contribution in [0.5, 0.6) is 5.75 Å². The van der Waals surface area contributed by atoms with Crippen molar-refractivity contribution in [2.24, 2.45) is 0 Å². The standard InChI is InChI=1S/C13H19NO5S/c1-8(14-12(17)19-13(2,3)4)6-18-9-5-10(11(15)16)20-7-9/h5,7-8H,6H2,1-4H3,(H,14,17)(H,15,16). The summed E-state index contributed by atoms with van der Waals surface area (Å²) >= 11 is 1.09. The Balaban J connectivity index is 2.37. The van der Waals surface area contributed by atoms with Crippen molar-refractivity contribution in [3.8, 4) is 5.75 Å². The van der Waals surface area contributed by atoms with E-state index in [1.165, 1.54) is 6.07 Å². The molecule has 1 aromatic rings. The van der Waals surface area contributed by atoms with Crippen molar-refractivity contribution in [2.75, 3.05) is 6.61 Å². The molecule has 1 rings (SSSR count). The molecule has 1 amide bonds. The van der Waals surface area contributed by atoms with Gasteiger partial charge in [-0.05, 0) is 27.7 Å². The van der Waals surface area contributed by atoms with E-state index in [0.29, 0.717) is 5.75 Å². The third kappa shape index (κ3) is 5.92. The predicted octanol–water partition coefficient (Wildman–Crippen LogP) is 2.74. The van der Waals surface area contributed by atoms with Crippen LogP contribution in [0.4, 0.5) is 4.79 Å². The van der Waals surface area contributed by atoms with Crippen LogP contribution in [0.25, 0.3) is 0 Å². The van der Waals surface area contributed by atoms with Gasteiger partial charge < -0.3 is 19.9 Å². The van der Waals surface area contributed by atoms with E-state index in [2.05, 4.69) is 5.32 Å². The van der Waals surface area contributed by atoms with E-state index >= 15 is 0 Å². The molecule has 112 valence electrons. The molecule has 1 unspecified atom stereocenters. The summed E-state index contributed by atoms with van der Waals surface area (Å²) in [4.78, 5) is 22.4. The molecule has 1 atom stereocenters. The number of aromatic carboxylic acids is 1. The van der Waals surface area contributed by atoms with Crippen molar-refractivity contribution in [1.82, 2.24) is 5.32 Å². The molecular weight excluding hydrogens is 282 g/mol. The molecular formula is C13H19NO5S. The lowest BCUT2D eigenvalue weighted by Crippen LogP contribution is -2.40. The number of thiophene rings is 1.